The minimum Gasteiger partial charge on any atom is -0.289 e. The number of halogens is 2. The standard InChI is InChI=1S/C25H18Cl2OS/c1-2-3-4-14-5-6-23-19(7-14)25(28)20-10-15-8-16-11-21(26)22(27)12-17(16)9-18(15)13-24(20)29-23/h5-13H,2-4H2,1H3. The second-order valence-electron chi connectivity index (χ2n) is 7.53. The molecule has 0 fully saturated rings. The second-order valence-corrected chi connectivity index (χ2v) is 9.42. The zero-order valence-electron chi connectivity index (χ0n) is 15.9. The van der Waals surface area contributed by atoms with E-state index in [1.165, 1.54) is 5.56 Å². The van der Waals surface area contributed by atoms with Crippen molar-refractivity contribution in [2.45, 2.75) is 26.2 Å². The number of aryl methyl sites for hydroxylation is 1. The van der Waals surface area contributed by atoms with Gasteiger partial charge in [-0.15, -0.1) is 11.3 Å². The molecule has 144 valence electrons. The van der Waals surface area contributed by atoms with Gasteiger partial charge in [0.2, 0.25) is 0 Å². The summed E-state index contributed by atoms with van der Waals surface area (Å²) in [5, 5.41) is 6.88. The highest BCUT2D eigenvalue weighted by Crippen LogP contribution is 2.34. The summed E-state index contributed by atoms with van der Waals surface area (Å²) in [7, 11) is 0. The van der Waals surface area contributed by atoms with Crippen LogP contribution in [0.1, 0.15) is 25.3 Å². The summed E-state index contributed by atoms with van der Waals surface area (Å²) in [4.78, 5) is 13.3. The fraction of sp³-hybridized carbons (Fsp3) is 0.160. The topological polar surface area (TPSA) is 17.1 Å². The van der Waals surface area contributed by atoms with Gasteiger partial charge in [0.05, 0.1) is 10.0 Å². The maximum atomic E-state index is 13.3. The Labute approximate surface area is 182 Å². The van der Waals surface area contributed by atoms with Gasteiger partial charge in [0.15, 0.2) is 5.43 Å². The molecule has 0 aliphatic rings. The first-order valence-corrected chi connectivity index (χ1v) is 11.3. The van der Waals surface area contributed by atoms with Crippen LogP contribution in [0.3, 0.4) is 0 Å². The average Bonchev–Trinajstić information content (AvgIpc) is 2.71. The predicted octanol–water partition coefficient (Wildman–Crippen LogP) is 8.37. The molecule has 0 N–H and O–H groups in total. The molecular weight excluding hydrogens is 419 g/mol. The van der Waals surface area contributed by atoms with E-state index in [0.717, 1.165) is 61.0 Å². The minimum absolute atomic E-state index is 0.114. The normalized spacial score (nSPS) is 11.8. The highest BCUT2D eigenvalue weighted by molar-refractivity contribution is 7.24. The van der Waals surface area contributed by atoms with Crippen molar-refractivity contribution in [3.63, 3.8) is 0 Å². The van der Waals surface area contributed by atoms with Gasteiger partial charge in [0.25, 0.3) is 0 Å². The fourth-order valence-electron chi connectivity index (χ4n) is 3.93. The Hall–Kier alpha value is -2.13. The molecule has 0 saturated heterocycles. The summed E-state index contributed by atoms with van der Waals surface area (Å²) in [5.41, 5.74) is 1.35. The van der Waals surface area contributed by atoms with E-state index in [0.29, 0.717) is 10.0 Å². The molecular formula is C25H18Cl2OS. The molecule has 5 aromatic rings. The summed E-state index contributed by atoms with van der Waals surface area (Å²) in [6, 6.07) is 18.4. The summed E-state index contributed by atoms with van der Waals surface area (Å²) < 4.78 is 2.05. The van der Waals surface area contributed by atoms with E-state index in [1.54, 1.807) is 11.3 Å². The van der Waals surface area contributed by atoms with Crippen LogP contribution in [0.2, 0.25) is 10.0 Å². The lowest BCUT2D eigenvalue weighted by atomic mass is 10.0. The van der Waals surface area contributed by atoms with Crippen molar-refractivity contribution in [1.82, 2.24) is 0 Å². The highest BCUT2D eigenvalue weighted by Gasteiger charge is 2.10. The van der Waals surface area contributed by atoms with Gasteiger partial charge in [0.1, 0.15) is 0 Å². The minimum atomic E-state index is 0.114. The molecule has 29 heavy (non-hydrogen) atoms. The number of fused-ring (bicyclic) bond motifs is 4. The molecule has 0 amide bonds. The highest BCUT2D eigenvalue weighted by atomic mass is 35.5. The van der Waals surface area contributed by atoms with Gasteiger partial charge >= 0.3 is 0 Å². The third-order valence-corrected chi connectivity index (χ3v) is 7.36. The SMILES string of the molecule is CCCCc1ccc2sc3cc4cc5cc(Cl)c(Cl)cc5cc4cc3c(=O)c2c1. The van der Waals surface area contributed by atoms with Crippen molar-refractivity contribution in [2.24, 2.45) is 0 Å². The summed E-state index contributed by atoms with van der Waals surface area (Å²) in [6.45, 7) is 2.19. The van der Waals surface area contributed by atoms with Crippen LogP contribution < -0.4 is 5.43 Å². The average molecular weight is 437 g/mol. The second kappa shape index (κ2) is 7.28. The van der Waals surface area contributed by atoms with Crippen molar-refractivity contribution < 1.29 is 0 Å². The Kier molecular flexibility index (Phi) is 4.74. The molecule has 0 aliphatic heterocycles. The first kappa shape index (κ1) is 18.9. The first-order valence-electron chi connectivity index (χ1n) is 9.75. The van der Waals surface area contributed by atoms with Crippen molar-refractivity contribution in [1.29, 1.82) is 0 Å². The van der Waals surface area contributed by atoms with E-state index >= 15 is 0 Å². The van der Waals surface area contributed by atoms with Gasteiger partial charge in [-0.2, -0.15) is 0 Å². The van der Waals surface area contributed by atoms with E-state index < -0.39 is 0 Å². The molecule has 1 heterocycles. The van der Waals surface area contributed by atoms with Crippen LogP contribution in [0, 0.1) is 0 Å². The van der Waals surface area contributed by atoms with Gasteiger partial charge in [-0.05, 0) is 88.5 Å². The van der Waals surface area contributed by atoms with Crippen LogP contribution in [-0.2, 0) is 6.42 Å². The first-order chi connectivity index (χ1) is 14.0. The lowest BCUT2D eigenvalue weighted by Gasteiger charge is -2.08. The summed E-state index contributed by atoms with van der Waals surface area (Å²) >= 11 is 14.1. The number of rotatable bonds is 3. The van der Waals surface area contributed by atoms with Crippen LogP contribution in [-0.4, -0.2) is 0 Å². The number of hydrogen-bond donors (Lipinski definition) is 0. The molecule has 4 heteroatoms. The number of benzene rings is 4. The number of unbranched alkanes of at least 4 members (excludes halogenated alkanes) is 1. The van der Waals surface area contributed by atoms with E-state index in [1.807, 2.05) is 18.2 Å². The molecule has 0 bridgehead atoms. The Morgan fingerprint density at radius 1 is 0.759 bits per heavy atom. The third kappa shape index (κ3) is 3.30. The Bertz CT molecular complexity index is 1480. The molecule has 4 aromatic carbocycles. The maximum Gasteiger partial charge on any atom is 0.195 e. The zero-order valence-corrected chi connectivity index (χ0v) is 18.2. The maximum absolute atomic E-state index is 13.3. The smallest absolute Gasteiger partial charge is 0.195 e. The van der Waals surface area contributed by atoms with Crippen molar-refractivity contribution in [2.75, 3.05) is 0 Å². The fourth-order valence-corrected chi connectivity index (χ4v) is 5.36. The van der Waals surface area contributed by atoms with Crippen molar-refractivity contribution in [3.05, 3.63) is 80.4 Å². The third-order valence-electron chi connectivity index (χ3n) is 5.51. The van der Waals surface area contributed by atoms with Gasteiger partial charge in [-0.3, -0.25) is 4.79 Å². The van der Waals surface area contributed by atoms with E-state index in [9.17, 15) is 4.79 Å². The van der Waals surface area contributed by atoms with Gasteiger partial charge in [-0.25, -0.2) is 0 Å². The Balaban J connectivity index is 1.78. The Morgan fingerprint density at radius 3 is 2.07 bits per heavy atom. The molecule has 0 atom stereocenters. The summed E-state index contributed by atoms with van der Waals surface area (Å²) in [5.74, 6) is 0. The number of hydrogen-bond acceptors (Lipinski definition) is 2. The van der Waals surface area contributed by atoms with Crippen LogP contribution in [0.5, 0.6) is 0 Å². The van der Waals surface area contributed by atoms with E-state index in [-0.39, 0.29) is 5.43 Å². The van der Waals surface area contributed by atoms with Crippen molar-refractivity contribution >= 4 is 76.3 Å². The molecule has 0 aliphatic carbocycles. The molecule has 1 aromatic heterocycles. The quantitative estimate of drug-likeness (QED) is 0.259. The Morgan fingerprint density at radius 2 is 1.38 bits per heavy atom. The lowest BCUT2D eigenvalue weighted by molar-refractivity contribution is 0.796. The van der Waals surface area contributed by atoms with Crippen molar-refractivity contribution in [3.8, 4) is 0 Å². The largest absolute Gasteiger partial charge is 0.289 e. The zero-order chi connectivity index (χ0) is 20.1. The van der Waals surface area contributed by atoms with Crippen LogP contribution in [0.25, 0.3) is 41.7 Å². The molecule has 0 radical (unpaired) electrons. The molecule has 0 unspecified atom stereocenters. The van der Waals surface area contributed by atoms with Crippen LogP contribution in [0.4, 0.5) is 0 Å². The monoisotopic (exact) mass is 436 g/mol. The molecule has 0 saturated carbocycles. The summed E-state index contributed by atoms with van der Waals surface area (Å²) in [6.07, 6.45) is 3.31. The molecule has 5 rings (SSSR count). The predicted molar refractivity (Wildman–Crippen MR) is 129 cm³/mol. The van der Waals surface area contributed by atoms with Gasteiger partial charge in [0, 0.05) is 20.2 Å². The van der Waals surface area contributed by atoms with Crippen LogP contribution >= 0.6 is 34.5 Å². The molecule has 0 spiro atoms. The lowest BCUT2D eigenvalue weighted by Crippen LogP contribution is -2.02. The van der Waals surface area contributed by atoms with Gasteiger partial charge < -0.3 is 0 Å². The van der Waals surface area contributed by atoms with Crippen LogP contribution in [0.15, 0.2) is 59.4 Å². The van der Waals surface area contributed by atoms with E-state index in [4.69, 9.17) is 23.2 Å². The molecule has 1 nitrogen and oxygen atoms in total. The van der Waals surface area contributed by atoms with Gasteiger partial charge in [-0.1, -0.05) is 42.6 Å². The van der Waals surface area contributed by atoms with E-state index in [2.05, 4.69) is 43.3 Å².